The maximum Gasteiger partial charge on any atom is 0.292 e. The fourth-order valence-electron chi connectivity index (χ4n) is 1.05. The minimum atomic E-state index is 0.137. The second-order valence-corrected chi connectivity index (χ2v) is 2.65. The molecule has 0 unspecified atom stereocenters. The van der Waals surface area contributed by atoms with Crippen LogP contribution in [0.25, 0.3) is 11.5 Å². The van der Waals surface area contributed by atoms with E-state index in [1.165, 1.54) is 6.20 Å². The Bertz CT molecular complexity index is 422. The molecule has 0 spiro atoms. The Balaban J connectivity index is 2.33. The van der Waals surface area contributed by atoms with E-state index in [0.29, 0.717) is 17.2 Å². The largest absolute Gasteiger partial charge is 0.495 e. The van der Waals surface area contributed by atoms with Crippen LogP contribution in [0.4, 0.5) is 6.01 Å². The maximum absolute atomic E-state index is 5.34. The van der Waals surface area contributed by atoms with E-state index in [-0.39, 0.29) is 6.01 Å². The number of anilines is 1. The first-order chi connectivity index (χ1) is 6.79. The van der Waals surface area contributed by atoms with Crippen LogP contribution >= 0.6 is 0 Å². The Morgan fingerprint density at radius 2 is 2.14 bits per heavy atom. The highest BCUT2D eigenvalue weighted by Gasteiger charge is 2.04. The molecule has 0 bridgehead atoms. The number of pyridine rings is 1. The number of ether oxygens (including phenoxy) is 1. The molecule has 0 fully saturated rings. The van der Waals surface area contributed by atoms with Crippen molar-refractivity contribution >= 4 is 6.01 Å². The Hall–Kier alpha value is -2.04. The van der Waals surface area contributed by atoms with Gasteiger partial charge in [-0.3, -0.25) is 0 Å². The number of aromatic nitrogens is 2. The van der Waals surface area contributed by atoms with Gasteiger partial charge in [-0.05, 0) is 12.1 Å². The van der Waals surface area contributed by atoms with Gasteiger partial charge in [-0.2, -0.15) is 0 Å². The molecule has 0 saturated carbocycles. The molecule has 0 radical (unpaired) electrons. The van der Waals surface area contributed by atoms with Crippen LogP contribution in [0.15, 0.2) is 28.9 Å². The summed E-state index contributed by atoms with van der Waals surface area (Å²) in [5, 5.41) is 0. The van der Waals surface area contributed by atoms with E-state index >= 15 is 0 Å². The first-order valence-electron chi connectivity index (χ1n) is 4.01. The Kier molecular flexibility index (Phi) is 2.06. The fourth-order valence-corrected chi connectivity index (χ4v) is 1.05. The zero-order valence-electron chi connectivity index (χ0n) is 7.60. The van der Waals surface area contributed by atoms with Crippen molar-refractivity contribution in [3.63, 3.8) is 0 Å². The summed E-state index contributed by atoms with van der Waals surface area (Å²) in [4.78, 5) is 7.89. The summed E-state index contributed by atoms with van der Waals surface area (Å²) in [6.07, 6.45) is 3.14. The number of methoxy groups -OCH3 is 1. The molecule has 5 heteroatoms. The summed E-state index contributed by atoms with van der Waals surface area (Å²) in [5.74, 6) is 1.24. The van der Waals surface area contributed by atoms with Crippen molar-refractivity contribution < 1.29 is 9.15 Å². The second kappa shape index (κ2) is 3.37. The summed E-state index contributed by atoms with van der Waals surface area (Å²) >= 11 is 0. The molecule has 0 saturated heterocycles. The van der Waals surface area contributed by atoms with Gasteiger partial charge < -0.3 is 14.9 Å². The number of nitrogens with two attached hydrogens (primary N) is 1. The first kappa shape index (κ1) is 8.55. The van der Waals surface area contributed by atoms with Gasteiger partial charge in [-0.1, -0.05) is 0 Å². The van der Waals surface area contributed by atoms with Gasteiger partial charge in [0.15, 0.2) is 5.76 Å². The normalized spacial score (nSPS) is 10.1. The minimum Gasteiger partial charge on any atom is -0.495 e. The lowest BCUT2D eigenvalue weighted by Gasteiger charge is -1.98. The van der Waals surface area contributed by atoms with E-state index in [9.17, 15) is 0 Å². The molecule has 2 aromatic rings. The van der Waals surface area contributed by atoms with Crippen molar-refractivity contribution in [1.82, 2.24) is 9.97 Å². The standard InChI is InChI=1S/C9H9N3O2/c1-13-6-2-3-7(11-4-6)8-5-12-9(10)14-8/h2-5H,1H3,(H2,10,12). The van der Waals surface area contributed by atoms with Gasteiger partial charge in [0, 0.05) is 0 Å². The van der Waals surface area contributed by atoms with Crippen molar-refractivity contribution in [2.45, 2.75) is 0 Å². The zero-order valence-corrected chi connectivity index (χ0v) is 7.60. The van der Waals surface area contributed by atoms with Crippen molar-refractivity contribution in [2.24, 2.45) is 0 Å². The van der Waals surface area contributed by atoms with Gasteiger partial charge in [0.25, 0.3) is 6.01 Å². The van der Waals surface area contributed by atoms with E-state index < -0.39 is 0 Å². The number of nitrogen functional groups attached to an aromatic ring is 1. The number of hydrogen-bond donors (Lipinski definition) is 1. The van der Waals surface area contributed by atoms with Crippen LogP contribution in [-0.2, 0) is 0 Å². The van der Waals surface area contributed by atoms with Crippen molar-refractivity contribution in [2.75, 3.05) is 12.8 Å². The highest BCUT2D eigenvalue weighted by molar-refractivity contribution is 5.52. The maximum atomic E-state index is 5.34. The van der Waals surface area contributed by atoms with Crippen LogP contribution in [0, 0.1) is 0 Å². The molecule has 2 rings (SSSR count). The van der Waals surface area contributed by atoms with E-state index in [1.807, 2.05) is 0 Å². The average Bonchev–Trinajstić information content (AvgIpc) is 2.65. The SMILES string of the molecule is COc1ccc(-c2cnc(N)o2)nc1. The van der Waals surface area contributed by atoms with E-state index in [0.717, 1.165) is 0 Å². The summed E-state index contributed by atoms with van der Waals surface area (Å²) in [5.41, 5.74) is 6.02. The van der Waals surface area contributed by atoms with Crippen LogP contribution in [0.3, 0.4) is 0 Å². The molecule has 2 heterocycles. The monoisotopic (exact) mass is 191 g/mol. The smallest absolute Gasteiger partial charge is 0.292 e. The fraction of sp³-hybridized carbons (Fsp3) is 0.111. The zero-order chi connectivity index (χ0) is 9.97. The summed E-state index contributed by atoms with van der Waals surface area (Å²) in [7, 11) is 1.59. The van der Waals surface area contributed by atoms with Crippen molar-refractivity contribution in [3.05, 3.63) is 24.5 Å². The summed E-state index contributed by atoms with van der Waals surface area (Å²) < 4.78 is 10.1. The molecule has 0 aliphatic rings. The number of rotatable bonds is 2. The molecule has 0 amide bonds. The van der Waals surface area contributed by atoms with Crippen LogP contribution < -0.4 is 10.5 Å². The van der Waals surface area contributed by atoms with Gasteiger partial charge >= 0.3 is 0 Å². The van der Waals surface area contributed by atoms with Gasteiger partial charge in [0.05, 0.1) is 19.5 Å². The topological polar surface area (TPSA) is 74.2 Å². The van der Waals surface area contributed by atoms with Crippen LogP contribution in [0.1, 0.15) is 0 Å². The van der Waals surface area contributed by atoms with Gasteiger partial charge in [-0.25, -0.2) is 9.97 Å². The summed E-state index contributed by atoms with van der Waals surface area (Å²) in [6.45, 7) is 0. The van der Waals surface area contributed by atoms with Gasteiger partial charge in [0.1, 0.15) is 11.4 Å². The van der Waals surface area contributed by atoms with Crippen LogP contribution in [0.2, 0.25) is 0 Å². The summed E-state index contributed by atoms with van der Waals surface area (Å²) in [6, 6.07) is 3.71. The predicted molar refractivity (Wildman–Crippen MR) is 50.7 cm³/mol. The lowest BCUT2D eigenvalue weighted by atomic mass is 10.3. The molecule has 14 heavy (non-hydrogen) atoms. The average molecular weight is 191 g/mol. The molecule has 0 aliphatic heterocycles. The molecule has 0 aromatic carbocycles. The number of nitrogens with zero attached hydrogens (tertiary/aromatic N) is 2. The van der Waals surface area contributed by atoms with Crippen LogP contribution in [-0.4, -0.2) is 17.1 Å². The second-order valence-electron chi connectivity index (χ2n) is 2.65. The molecular formula is C9H9N3O2. The third-order valence-corrected chi connectivity index (χ3v) is 1.75. The molecule has 0 aliphatic carbocycles. The Labute approximate surface area is 80.5 Å². The van der Waals surface area contributed by atoms with Crippen molar-refractivity contribution in [1.29, 1.82) is 0 Å². The highest BCUT2D eigenvalue weighted by atomic mass is 16.5. The number of hydrogen-bond acceptors (Lipinski definition) is 5. The Morgan fingerprint density at radius 3 is 2.64 bits per heavy atom. The molecule has 0 atom stereocenters. The lowest BCUT2D eigenvalue weighted by Crippen LogP contribution is -1.85. The van der Waals surface area contributed by atoms with E-state index in [2.05, 4.69) is 9.97 Å². The van der Waals surface area contributed by atoms with E-state index in [4.69, 9.17) is 14.9 Å². The quantitative estimate of drug-likeness (QED) is 0.775. The minimum absolute atomic E-state index is 0.137. The van der Waals surface area contributed by atoms with Gasteiger partial charge in [0.2, 0.25) is 0 Å². The molecule has 72 valence electrons. The third kappa shape index (κ3) is 1.52. The van der Waals surface area contributed by atoms with Crippen LogP contribution in [0.5, 0.6) is 5.75 Å². The van der Waals surface area contributed by atoms with Gasteiger partial charge in [-0.15, -0.1) is 0 Å². The number of oxazole rings is 1. The van der Waals surface area contributed by atoms with E-state index in [1.54, 1.807) is 25.4 Å². The lowest BCUT2D eigenvalue weighted by molar-refractivity contribution is 0.413. The molecule has 2 aromatic heterocycles. The molecule has 2 N–H and O–H groups in total. The molecular weight excluding hydrogens is 182 g/mol. The van der Waals surface area contributed by atoms with Crippen molar-refractivity contribution in [3.8, 4) is 17.2 Å². The Morgan fingerprint density at radius 1 is 1.29 bits per heavy atom. The predicted octanol–water partition coefficient (Wildman–Crippen LogP) is 1.33. The highest BCUT2D eigenvalue weighted by Crippen LogP contribution is 2.20. The first-order valence-corrected chi connectivity index (χ1v) is 4.01. The molecule has 5 nitrogen and oxygen atoms in total. The third-order valence-electron chi connectivity index (χ3n) is 1.75.